The van der Waals surface area contributed by atoms with Gasteiger partial charge in [0.1, 0.15) is 12.1 Å². The largest absolute Gasteiger partial charge is 0.480 e. The van der Waals surface area contributed by atoms with E-state index >= 15 is 0 Å². The first-order valence-corrected chi connectivity index (χ1v) is 7.03. The number of urea groups is 1. The van der Waals surface area contributed by atoms with Crippen molar-refractivity contribution < 1.29 is 27.9 Å². The van der Waals surface area contributed by atoms with E-state index in [1.54, 1.807) is 0 Å². The summed E-state index contributed by atoms with van der Waals surface area (Å²) in [7, 11) is 0. The molecule has 1 saturated heterocycles. The minimum Gasteiger partial charge on any atom is -0.480 e. The van der Waals surface area contributed by atoms with Crippen LogP contribution in [0.25, 0.3) is 0 Å². The molecule has 0 radical (unpaired) electrons. The molecule has 1 N–H and O–H groups in total. The van der Waals surface area contributed by atoms with Crippen LogP contribution < -0.4 is 0 Å². The Morgan fingerprint density at radius 1 is 1.33 bits per heavy atom. The molecule has 8 heteroatoms. The molecule has 1 aliphatic heterocycles. The van der Waals surface area contributed by atoms with Crippen LogP contribution in [0.5, 0.6) is 0 Å². The fraction of sp³-hybridized carbons (Fsp3) is 0.846. The lowest BCUT2D eigenvalue weighted by Gasteiger charge is -2.44. The number of alkyl halides is 3. The Hall–Kier alpha value is -1.47. The van der Waals surface area contributed by atoms with E-state index in [0.717, 1.165) is 9.80 Å². The standard InChI is InChI=1S/C13H19F3N2O3/c1-12(10(19)20)6-2-3-7-18(12)11(21)17(9-4-5-9)8-13(14,15)16/h9H,2-8H2,1H3,(H,19,20). The average molecular weight is 308 g/mol. The van der Waals surface area contributed by atoms with Gasteiger partial charge < -0.3 is 14.9 Å². The summed E-state index contributed by atoms with van der Waals surface area (Å²) in [6.45, 7) is 0.274. The number of likely N-dealkylation sites (tertiary alicyclic amines) is 1. The summed E-state index contributed by atoms with van der Waals surface area (Å²) >= 11 is 0. The van der Waals surface area contributed by atoms with Crippen LogP contribution in [0.3, 0.4) is 0 Å². The lowest BCUT2D eigenvalue weighted by molar-refractivity contribution is -0.153. The number of hydrogen-bond donors (Lipinski definition) is 1. The number of hydrogen-bond acceptors (Lipinski definition) is 2. The Kier molecular flexibility index (Phi) is 4.08. The van der Waals surface area contributed by atoms with Crippen LogP contribution >= 0.6 is 0 Å². The maximum atomic E-state index is 12.6. The summed E-state index contributed by atoms with van der Waals surface area (Å²) in [6, 6.07) is -1.22. The van der Waals surface area contributed by atoms with Crippen LogP contribution in [0.2, 0.25) is 0 Å². The van der Waals surface area contributed by atoms with E-state index in [0.29, 0.717) is 25.7 Å². The minimum atomic E-state index is -4.48. The molecule has 21 heavy (non-hydrogen) atoms. The molecule has 1 unspecified atom stereocenters. The number of nitrogens with zero attached hydrogens (tertiary/aromatic N) is 2. The number of rotatable bonds is 3. The zero-order valence-electron chi connectivity index (χ0n) is 11.8. The van der Waals surface area contributed by atoms with Gasteiger partial charge in [0.05, 0.1) is 0 Å². The maximum absolute atomic E-state index is 12.6. The zero-order chi connectivity index (χ0) is 15.8. The Labute approximate surface area is 120 Å². The normalized spacial score (nSPS) is 26.6. The number of carbonyl (C=O) groups excluding carboxylic acids is 1. The highest BCUT2D eigenvalue weighted by Crippen LogP contribution is 2.35. The summed E-state index contributed by atoms with van der Waals surface area (Å²) in [4.78, 5) is 25.8. The third-order valence-corrected chi connectivity index (χ3v) is 4.17. The quantitative estimate of drug-likeness (QED) is 0.871. The Balaban J connectivity index is 2.20. The zero-order valence-corrected chi connectivity index (χ0v) is 11.8. The van der Waals surface area contributed by atoms with Gasteiger partial charge in [-0.3, -0.25) is 0 Å². The number of halogens is 3. The Bertz CT molecular complexity index is 437. The molecule has 5 nitrogen and oxygen atoms in total. The summed E-state index contributed by atoms with van der Waals surface area (Å²) in [5, 5.41) is 9.35. The van der Waals surface area contributed by atoms with E-state index in [1.807, 2.05) is 0 Å². The number of piperidine rings is 1. The molecule has 120 valence electrons. The lowest BCUT2D eigenvalue weighted by atomic mass is 9.89. The van der Waals surface area contributed by atoms with Crippen LogP contribution in [0.15, 0.2) is 0 Å². The van der Waals surface area contributed by atoms with Crippen molar-refractivity contribution >= 4 is 12.0 Å². The van der Waals surface area contributed by atoms with E-state index < -0.39 is 36.3 Å². The van der Waals surface area contributed by atoms with Crippen molar-refractivity contribution in [2.45, 2.75) is 56.8 Å². The number of carboxylic acid groups (broad SMARTS) is 1. The molecular formula is C13H19F3N2O3. The van der Waals surface area contributed by atoms with Gasteiger partial charge >= 0.3 is 18.2 Å². The topological polar surface area (TPSA) is 60.9 Å². The van der Waals surface area contributed by atoms with Gasteiger partial charge in [0.25, 0.3) is 0 Å². The van der Waals surface area contributed by atoms with Gasteiger partial charge in [-0.25, -0.2) is 9.59 Å². The molecule has 2 aliphatic rings. The van der Waals surface area contributed by atoms with Crippen LogP contribution in [-0.2, 0) is 4.79 Å². The van der Waals surface area contributed by atoms with Gasteiger partial charge in [-0.2, -0.15) is 13.2 Å². The highest BCUT2D eigenvalue weighted by molar-refractivity contribution is 5.86. The molecule has 0 bridgehead atoms. The molecule has 1 atom stereocenters. The fourth-order valence-corrected chi connectivity index (χ4v) is 2.74. The van der Waals surface area contributed by atoms with E-state index in [2.05, 4.69) is 0 Å². The van der Waals surface area contributed by atoms with Crippen molar-refractivity contribution in [3.05, 3.63) is 0 Å². The second-order valence-electron chi connectivity index (χ2n) is 5.94. The van der Waals surface area contributed by atoms with Crippen molar-refractivity contribution in [2.24, 2.45) is 0 Å². The summed E-state index contributed by atoms with van der Waals surface area (Å²) < 4.78 is 37.9. The highest BCUT2D eigenvalue weighted by atomic mass is 19.4. The molecule has 0 aromatic carbocycles. The number of amides is 2. The van der Waals surface area contributed by atoms with E-state index in [9.17, 15) is 27.9 Å². The van der Waals surface area contributed by atoms with Crippen molar-refractivity contribution in [3.63, 3.8) is 0 Å². The van der Waals surface area contributed by atoms with Crippen molar-refractivity contribution in [1.29, 1.82) is 0 Å². The second kappa shape index (κ2) is 5.38. The predicted molar refractivity (Wildman–Crippen MR) is 67.8 cm³/mol. The molecule has 0 aromatic rings. The SMILES string of the molecule is CC1(C(=O)O)CCCCN1C(=O)N(CC(F)(F)F)C1CC1. The summed E-state index contributed by atoms with van der Waals surface area (Å²) in [5.74, 6) is -1.17. The van der Waals surface area contributed by atoms with Crippen LogP contribution in [0, 0.1) is 0 Å². The predicted octanol–water partition coefficient (Wildman–Crippen LogP) is 2.46. The van der Waals surface area contributed by atoms with Crippen molar-refractivity contribution in [2.75, 3.05) is 13.1 Å². The van der Waals surface area contributed by atoms with Crippen LogP contribution in [-0.4, -0.2) is 57.8 Å². The maximum Gasteiger partial charge on any atom is 0.406 e. The summed E-state index contributed by atoms with van der Waals surface area (Å²) in [5.41, 5.74) is -1.42. The van der Waals surface area contributed by atoms with Gasteiger partial charge in [-0.1, -0.05) is 0 Å². The first-order valence-electron chi connectivity index (χ1n) is 7.03. The smallest absolute Gasteiger partial charge is 0.406 e. The first-order chi connectivity index (χ1) is 9.65. The third-order valence-electron chi connectivity index (χ3n) is 4.17. The Morgan fingerprint density at radius 3 is 2.43 bits per heavy atom. The molecule has 2 rings (SSSR count). The van der Waals surface area contributed by atoms with Gasteiger partial charge in [-0.05, 0) is 39.0 Å². The third kappa shape index (κ3) is 3.41. The van der Waals surface area contributed by atoms with Gasteiger partial charge in [-0.15, -0.1) is 0 Å². The number of carboxylic acids is 1. The van der Waals surface area contributed by atoms with Crippen LogP contribution in [0.4, 0.5) is 18.0 Å². The van der Waals surface area contributed by atoms with Crippen molar-refractivity contribution in [1.82, 2.24) is 9.80 Å². The fourth-order valence-electron chi connectivity index (χ4n) is 2.74. The molecule has 0 spiro atoms. The van der Waals surface area contributed by atoms with Gasteiger partial charge in [0, 0.05) is 12.6 Å². The molecule has 1 heterocycles. The van der Waals surface area contributed by atoms with Crippen molar-refractivity contribution in [3.8, 4) is 0 Å². The van der Waals surface area contributed by atoms with Crippen LogP contribution in [0.1, 0.15) is 39.0 Å². The molecular weight excluding hydrogens is 289 g/mol. The molecule has 2 fully saturated rings. The second-order valence-corrected chi connectivity index (χ2v) is 5.94. The van der Waals surface area contributed by atoms with Gasteiger partial charge in [0.15, 0.2) is 0 Å². The minimum absolute atomic E-state index is 0.183. The Morgan fingerprint density at radius 2 is 1.95 bits per heavy atom. The molecule has 1 aliphatic carbocycles. The highest BCUT2D eigenvalue weighted by Gasteiger charge is 2.49. The van der Waals surface area contributed by atoms with Gasteiger partial charge in [0.2, 0.25) is 0 Å². The molecule has 0 aromatic heterocycles. The van der Waals surface area contributed by atoms with E-state index in [4.69, 9.17) is 0 Å². The first kappa shape index (κ1) is 15.9. The number of carbonyl (C=O) groups is 2. The molecule has 1 saturated carbocycles. The average Bonchev–Trinajstić information content (AvgIpc) is 3.18. The summed E-state index contributed by atoms with van der Waals surface area (Å²) in [6.07, 6.45) is -1.88. The van der Waals surface area contributed by atoms with E-state index in [1.165, 1.54) is 6.92 Å². The molecule has 2 amide bonds. The lowest BCUT2D eigenvalue weighted by Crippen LogP contribution is -2.61. The monoisotopic (exact) mass is 308 g/mol. The number of aliphatic carboxylic acids is 1. The van der Waals surface area contributed by atoms with E-state index in [-0.39, 0.29) is 13.0 Å².